The van der Waals surface area contributed by atoms with E-state index in [1.165, 1.54) is 0 Å². The summed E-state index contributed by atoms with van der Waals surface area (Å²) in [4.78, 5) is 4.52. The van der Waals surface area contributed by atoms with Gasteiger partial charge in [-0.3, -0.25) is 0 Å². The average Bonchev–Trinajstić information content (AvgIpc) is 2.77. The van der Waals surface area contributed by atoms with Crippen molar-refractivity contribution >= 4 is 12.4 Å². The van der Waals surface area contributed by atoms with Crippen molar-refractivity contribution in [1.82, 2.24) is 14.8 Å². The van der Waals surface area contributed by atoms with E-state index in [-0.39, 0.29) is 17.9 Å². The van der Waals surface area contributed by atoms with Crippen LogP contribution in [0.25, 0.3) is 11.4 Å². The molecule has 1 aromatic heterocycles. The van der Waals surface area contributed by atoms with Crippen LogP contribution in [0.3, 0.4) is 0 Å². The molecule has 116 valence electrons. The molecule has 1 heterocycles. The molecule has 0 aliphatic carbocycles. The first kappa shape index (κ1) is 17.5. The lowest BCUT2D eigenvalue weighted by Crippen LogP contribution is -2.33. The molecule has 0 atom stereocenters. The van der Waals surface area contributed by atoms with E-state index < -0.39 is 0 Å². The minimum absolute atomic E-state index is 0. The maximum Gasteiger partial charge on any atom is 0.185 e. The third-order valence-corrected chi connectivity index (χ3v) is 3.17. The number of methoxy groups -OCH3 is 1. The lowest BCUT2D eigenvalue weighted by Gasteiger charge is -2.18. The summed E-state index contributed by atoms with van der Waals surface area (Å²) in [6.07, 6.45) is 0.850. The standard InChI is InChI=1S/C15H22N4O.ClH/c1-11-17-14(12-7-5-6-8-13(12)20-4)18-19(11)10-9-15(2,3)16;/h5-8H,9-10,16H2,1-4H3;1H. The molecule has 5 nitrogen and oxygen atoms in total. The van der Waals surface area contributed by atoms with Gasteiger partial charge in [-0.1, -0.05) is 12.1 Å². The number of hydrogen-bond acceptors (Lipinski definition) is 4. The molecule has 2 aromatic rings. The van der Waals surface area contributed by atoms with E-state index in [9.17, 15) is 0 Å². The van der Waals surface area contributed by atoms with Crippen LogP contribution in [0.5, 0.6) is 5.75 Å². The third kappa shape index (κ3) is 4.44. The van der Waals surface area contributed by atoms with Crippen LogP contribution in [-0.2, 0) is 6.54 Å². The fourth-order valence-corrected chi connectivity index (χ4v) is 1.97. The number of para-hydroxylation sites is 1. The third-order valence-electron chi connectivity index (χ3n) is 3.17. The molecule has 0 saturated heterocycles. The minimum Gasteiger partial charge on any atom is -0.496 e. The smallest absolute Gasteiger partial charge is 0.185 e. The fourth-order valence-electron chi connectivity index (χ4n) is 1.97. The zero-order valence-electron chi connectivity index (χ0n) is 13.0. The van der Waals surface area contributed by atoms with Gasteiger partial charge in [0.2, 0.25) is 0 Å². The fraction of sp³-hybridized carbons (Fsp3) is 0.467. The maximum atomic E-state index is 6.02. The van der Waals surface area contributed by atoms with E-state index in [1.54, 1.807) is 7.11 Å². The second kappa shape index (κ2) is 6.91. The number of aromatic nitrogens is 3. The molecule has 0 aliphatic rings. The molecule has 2 rings (SSSR count). The van der Waals surface area contributed by atoms with E-state index >= 15 is 0 Å². The molecular formula is C15H23ClN4O. The van der Waals surface area contributed by atoms with Gasteiger partial charge in [-0.2, -0.15) is 5.10 Å². The first-order valence-electron chi connectivity index (χ1n) is 6.74. The van der Waals surface area contributed by atoms with Crippen LogP contribution in [-0.4, -0.2) is 27.4 Å². The Balaban J connectivity index is 0.00000220. The summed E-state index contributed by atoms with van der Waals surface area (Å²) in [5.41, 5.74) is 6.72. The number of aryl methyl sites for hydroxylation is 2. The zero-order chi connectivity index (χ0) is 14.8. The highest BCUT2D eigenvalue weighted by Crippen LogP contribution is 2.27. The maximum absolute atomic E-state index is 6.02. The Labute approximate surface area is 131 Å². The van der Waals surface area contributed by atoms with Gasteiger partial charge in [0.1, 0.15) is 11.6 Å². The first-order valence-corrected chi connectivity index (χ1v) is 6.74. The molecule has 0 unspecified atom stereocenters. The summed E-state index contributed by atoms with van der Waals surface area (Å²) >= 11 is 0. The van der Waals surface area contributed by atoms with Crippen LogP contribution in [0.2, 0.25) is 0 Å². The van der Waals surface area contributed by atoms with Gasteiger partial charge < -0.3 is 10.5 Å². The molecule has 2 N–H and O–H groups in total. The van der Waals surface area contributed by atoms with E-state index in [4.69, 9.17) is 10.5 Å². The molecule has 0 spiro atoms. The van der Waals surface area contributed by atoms with Crippen molar-refractivity contribution in [2.24, 2.45) is 5.73 Å². The highest BCUT2D eigenvalue weighted by molar-refractivity contribution is 5.85. The zero-order valence-corrected chi connectivity index (χ0v) is 13.8. The number of nitrogens with two attached hydrogens (primary N) is 1. The average molecular weight is 311 g/mol. The topological polar surface area (TPSA) is 66.0 Å². The van der Waals surface area contributed by atoms with Gasteiger partial charge in [-0.05, 0) is 39.3 Å². The Morgan fingerprint density at radius 1 is 1.29 bits per heavy atom. The predicted octanol–water partition coefficient (Wildman–Crippen LogP) is 2.81. The molecule has 0 radical (unpaired) electrons. The molecule has 0 bridgehead atoms. The minimum atomic E-state index is -0.205. The normalized spacial score (nSPS) is 11.1. The SMILES string of the molecule is COc1ccccc1-c1nc(C)n(CCC(C)(C)N)n1.Cl. The van der Waals surface area contributed by atoms with Gasteiger partial charge in [0, 0.05) is 12.1 Å². The lowest BCUT2D eigenvalue weighted by molar-refractivity contribution is 0.413. The Bertz CT molecular complexity index is 590. The van der Waals surface area contributed by atoms with Gasteiger partial charge in [0.05, 0.1) is 12.7 Å². The van der Waals surface area contributed by atoms with Gasteiger partial charge in [-0.15, -0.1) is 12.4 Å². The first-order chi connectivity index (χ1) is 9.40. The highest BCUT2D eigenvalue weighted by Gasteiger charge is 2.15. The molecule has 21 heavy (non-hydrogen) atoms. The van der Waals surface area contributed by atoms with Crippen LogP contribution < -0.4 is 10.5 Å². The Morgan fingerprint density at radius 2 is 1.95 bits per heavy atom. The number of rotatable bonds is 5. The van der Waals surface area contributed by atoms with Crippen LogP contribution in [0.4, 0.5) is 0 Å². The van der Waals surface area contributed by atoms with Crippen molar-refractivity contribution in [3.63, 3.8) is 0 Å². The van der Waals surface area contributed by atoms with Crippen molar-refractivity contribution in [2.45, 2.75) is 39.3 Å². The quantitative estimate of drug-likeness (QED) is 0.922. The van der Waals surface area contributed by atoms with Crippen LogP contribution in [0.15, 0.2) is 24.3 Å². The van der Waals surface area contributed by atoms with E-state index in [0.717, 1.165) is 30.1 Å². The van der Waals surface area contributed by atoms with Gasteiger partial charge in [0.15, 0.2) is 5.82 Å². The number of halogens is 1. The number of nitrogens with zero attached hydrogens (tertiary/aromatic N) is 3. The van der Waals surface area contributed by atoms with Crippen molar-refractivity contribution in [3.8, 4) is 17.1 Å². The van der Waals surface area contributed by atoms with Crippen LogP contribution in [0.1, 0.15) is 26.1 Å². The second-order valence-corrected chi connectivity index (χ2v) is 5.64. The molecule has 0 amide bonds. The highest BCUT2D eigenvalue weighted by atomic mass is 35.5. The summed E-state index contributed by atoms with van der Waals surface area (Å²) in [6.45, 7) is 6.74. The van der Waals surface area contributed by atoms with E-state index in [0.29, 0.717) is 5.82 Å². The van der Waals surface area contributed by atoms with Crippen LogP contribution >= 0.6 is 12.4 Å². The Hall–Kier alpha value is -1.59. The van der Waals surface area contributed by atoms with Crippen molar-refractivity contribution in [3.05, 3.63) is 30.1 Å². The van der Waals surface area contributed by atoms with E-state index in [1.807, 2.05) is 49.7 Å². The summed E-state index contributed by atoms with van der Waals surface area (Å²) in [7, 11) is 1.65. The number of ether oxygens (including phenoxy) is 1. The summed E-state index contributed by atoms with van der Waals surface area (Å²) in [5, 5.41) is 4.56. The van der Waals surface area contributed by atoms with Crippen molar-refractivity contribution < 1.29 is 4.74 Å². The van der Waals surface area contributed by atoms with Crippen LogP contribution in [0, 0.1) is 6.92 Å². The van der Waals surface area contributed by atoms with E-state index in [2.05, 4.69) is 10.1 Å². The molecule has 0 saturated carbocycles. The Kier molecular flexibility index (Phi) is 5.75. The lowest BCUT2D eigenvalue weighted by atomic mass is 10.0. The second-order valence-electron chi connectivity index (χ2n) is 5.64. The summed E-state index contributed by atoms with van der Waals surface area (Å²) < 4.78 is 7.25. The van der Waals surface area contributed by atoms with Gasteiger partial charge in [0.25, 0.3) is 0 Å². The monoisotopic (exact) mass is 310 g/mol. The van der Waals surface area contributed by atoms with Crippen molar-refractivity contribution in [2.75, 3.05) is 7.11 Å². The number of hydrogen-bond donors (Lipinski definition) is 1. The summed E-state index contributed by atoms with van der Waals surface area (Å²) in [6, 6.07) is 7.76. The van der Waals surface area contributed by atoms with Crippen molar-refractivity contribution in [1.29, 1.82) is 0 Å². The van der Waals surface area contributed by atoms with Gasteiger partial charge >= 0.3 is 0 Å². The Morgan fingerprint density at radius 3 is 2.57 bits per heavy atom. The van der Waals surface area contributed by atoms with Gasteiger partial charge in [-0.25, -0.2) is 9.67 Å². The largest absolute Gasteiger partial charge is 0.496 e. The molecular weight excluding hydrogens is 288 g/mol. The molecule has 0 aliphatic heterocycles. The summed E-state index contributed by atoms with van der Waals surface area (Å²) in [5.74, 6) is 2.36. The predicted molar refractivity (Wildman–Crippen MR) is 86.9 cm³/mol. The molecule has 6 heteroatoms. The number of benzene rings is 1. The molecule has 1 aromatic carbocycles. The molecule has 0 fully saturated rings.